The van der Waals surface area contributed by atoms with Gasteiger partial charge in [0.25, 0.3) is 0 Å². The fraction of sp³-hybridized carbons (Fsp3) is 0.0667. The Labute approximate surface area is 110 Å². The molecule has 17 heavy (non-hydrogen) atoms. The molecule has 0 atom stereocenters. The van der Waals surface area contributed by atoms with Crippen LogP contribution in [0.15, 0.2) is 59.1 Å². The van der Waals surface area contributed by atoms with Crippen molar-refractivity contribution in [3.05, 3.63) is 64.6 Å². The normalized spacial score (nSPS) is 9.24. The van der Waals surface area contributed by atoms with Crippen molar-refractivity contribution in [3.63, 3.8) is 0 Å². The predicted molar refractivity (Wildman–Crippen MR) is 76.0 cm³/mol. The molecule has 2 aromatic rings. The van der Waals surface area contributed by atoms with Crippen molar-refractivity contribution >= 4 is 21.6 Å². The maximum absolute atomic E-state index is 3.40. The number of benzene rings is 2. The van der Waals surface area contributed by atoms with Crippen LogP contribution in [-0.2, 0) is 0 Å². The van der Waals surface area contributed by atoms with Crippen LogP contribution in [0, 0.1) is 11.8 Å². The monoisotopic (exact) mass is 285 g/mol. The Kier molecular flexibility index (Phi) is 4.23. The van der Waals surface area contributed by atoms with E-state index >= 15 is 0 Å². The molecule has 0 fully saturated rings. The maximum atomic E-state index is 3.40. The Balaban J connectivity index is 1.89. The molecule has 0 spiro atoms. The summed E-state index contributed by atoms with van der Waals surface area (Å²) < 4.78 is 1.07. The molecule has 0 aromatic heterocycles. The first-order valence-electron chi connectivity index (χ1n) is 5.38. The third-order valence-corrected chi connectivity index (χ3v) is 2.76. The topological polar surface area (TPSA) is 12.0 Å². The van der Waals surface area contributed by atoms with E-state index < -0.39 is 0 Å². The standard InChI is InChI=1S/C15H12BrN/c16-14-10-8-13(9-11-14)5-4-12-17-15-6-2-1-3-7-15/h1-3,6-11,17H,12H2. The summed E-state index contributed by atoms with van der Waals surface area (Å²) >= 11 is 3.40. The van der Waals surface area contributed by atoms with Crippen LogP contribution in [0.5, 0.6) is 0 Å². The Hall–Kier alpha value is -1.72. The van der Waals surface area contributed by atoms with Crippen LogP contribution in [0.25, 0.3) is 0 Å². The van der Waals surface area contributed by atoms with Crippen LogP contribution < -0.4 is 5.32 Å². The zero-order chi connectivity index (χ0) is 11.9. The minimum atomic E-state index is 0.653. The predicted octanol–water partition coefficient (Wildman–Crippen LogP) is 3.91. The highest BCUT2D eigenvalue weighted by molar-refractivity contribution is 9.10. The Morgan fingerprint density at radius 3 is 2.35 bits per heavy atom. The molecule has 0 saturated heterocycles. The number of hydrogen-bond acceptors (Lipinski definition) is 1. The van der Waals surface area contributed by atoms with E-state index in [1.807, 2.05) is 54.6 Å². The third kappa shape index (κ3) is 3.97. The second-order valence-corrected chi connectivity index (χ2v) is 4.44. The lowest BCUT2D eigenvalue weighted by molar-refractivity contribution is 1.38. The van der Waals surface area contributed by atoms with E-state index in [0.29, 0.717) is 6.54 Å². The average molecular weight is 286 g/mol. The zero-order valence-electron chi connectivity index (χ0n) is 9.28. The highest BCUT2D eigenvalue weighted by Gasteiger charge is 1.87. The van der Waals surface area contributed by atoms with Gasteiger partial charge in [-0.2, -0.15) is 0 Å². The summed E-state index contributed by atoms with van der Waals surface area (Å²) in [5.74, 6) is 6.20. The lowest BCUT2D eigenvalue weighted by Crippen LogP contribution is -1.97. The number of para-hydroxylation sites is 1. The first-order chi connectivity index (χ1) is 8.34. The summed E-state index contributed by atoms with van der Waals surface area (Å²) in [4.78, 5) is 0. The SMILES string of the molecule is Brc1ccc(C#CCNc2ccccc2)cc1. The molecule has 2 rings (SSSR count). The summed E-state index contributed by atoms with van der Waals surface area (Å²) in [5.41, 5.74) is 2.13. The molecule has 0 bridgehead atoms. The molecule has 1 N–H and O–H groups in total. The van der Waals surface area contributed by atoms with Crippen LogP contribution in [-0.4, -0.2) is 6.54 Å². The second-order valence-electron chi connectivity index (χ2n) is 3.53. The summed E-state index contributed by atoms with van der Waals surface area (Å²) in [5, 5.41) is 3.24. The molecule has 1 nitrogen and oxygen atoms in total. The molecule has 2 aromatic carbocycles. The van der Waals surface area contributed by atoms with E-state index in [1.54, 1.807) is 0 Å². The summed E-state index contributed by atoms with van der Waals surface area (Å²) in [7, 11) is 0. The van der Waals surface area contributed by atoms with E-state index in [2.05, 4.69) is 33.1 Å². The van der Waals surface area contributed by atoms with Gasteiger partial charge in [0.1, 0.15) is 0 Å². The number of rotatable bonds is 2. The van der Waals surface area contributed by atoms with Crippen LogP contribution in [0.1, 0.15) is 5.56 Å². The van der Waals surface area contributed by atoms with E-state index in [4.69, 9.17) is 0 Å². The number of halogens is 1. The van der Waals surface area contributed by atoms with Crippen molar-refractivity contribution in [3.8, 4) is 11.8 Å². The lowest BCUT2D eigenvalue weighted by atomic mass is 10.2. The largest absolute Gasteiger partial charge is 0.374 e. The summed E-state index contributed by atoms with van der Waals surface area (Å²) in [6.07, 6.45) is 0. The zero-order valence-corrected chi connectivity index (χ0v) is 10.9. The quantitative estimate of drug-likeness (QED) is 0.825. The molecule has 0 aliphatic carbocycles. The van der Waals surface area contributed by atoms with Crippen molar-refractivity contribution in [2.75, 3.05) is 11.9 Å². The molecule has 0 amide bonds. The van der Waals surface area contributed by atoms with Gasteiger partial charge in [-0.25, -0.2) is 0 Å². The highest BCUT2D eigenvalue weighted by atomic mass is 79.9. The second kappa shape index (κ2) is 6.12. The van der Waals surface area contributed by atoms with Gasteiger partial charge in [-0.1, -0.05) is 46.0 Å². The molecule has 84 valence electrons. The molecule has 0 radical (unpaired) electrons. The maximum Gasteiger partial charge on any atom is 0.0769 e. The Morgan fingerprint density at radius 1 is 0.941 bits per heavy atom. The van der Waals surface area contributed by atoms with Gasteiger partial charge in [0, 0.05) is 15.7 Å². The van der Waals surface area contributed by atoms with Crippen LogP contribution in [0.2, 0.25) is 0 Å². The van der Waals surface area contributed by atoms with Crippen LogP contribution in [0.4, 0.5) is 5.69 Å². The summed E-state index contributed by atoms with van der Waals surface area (Å²) in [6, 6.07) is 18.1. The van der Waals surface area contributed by atoms with Crippen LogP contribution in [0.3, 0.4) is 0 Å². The van der Waals surface area contributed by atoms with Gasteiger partial charge in [0.2, 0.25) is 0 Å². The minimum absolute atomic E-state index is 0.653. The number of anilines is 1. The molecular formula is C15H12BrN. The molecule has 0 aliphatic heterocycles. The highest BCUT2D eigenvalue weighted by Crippen LogP contribution is 2.09. The number of hydrogen-bond donors (Lipinski definition) is 1. The van der Waals surface area contributed by atoms with Gasteiger partial charge in [-0.05, 0) is 36.4 Å². The summed E-state index contributed by atoms with van der Waals surface area (Å²) in [6.45, 7) is 0.653. The van der Waals surface area contributed by atoms with Crippen LogP contribution >= 0.6 is 15.9 Å². The van der Waals surface area contributed by atoms with Gasteiger partial charge < -0.3 is 5.32 Å². The molecule has 0 heterocycles. The van der Waals surface area contributed by atoms with Crippen molar-refractivity contribution in [1.29, 1.82) is 0 Å². The molecular weight excluding hydrogens is 274 g/mol. The average Bonchev–Trinajstić information content (AvgIpc) is 2.38. The fourth-order valence-corrected chi connectivity index (χ4v) is 1.65. The van der Waals surface area contributed by atoms with Crippen molar-refractivity contribution in [1.82, 2.24) is 0 Å². The first-order valence-corrected chi connectivity index (χ1v) is 6.17. The minimum Gasteiger partial charge on any atom is -0.374 e. The molecule has 0 saturated carbocycles. The van der Waals surface area contributed by atoms with E-state index in [-0.39, 0.29) is 0 Å². The van der Waals surface area contributed by atoms with Crippen molar-refractivity contribution in [2.45, 2.75) is 0 Å². The van der Waals surface area contributed by atoms with Gasteiger partial charge in [-0.3, -0.25) is 0 Å². The van der Waals surface area contributed by atoms with Crippen molar-refractivity contribution < 1.29 is 0 Å². The van der Waals surface area contributed by atoms with Gasteiger partial charge in [0.15, 0.2) is 0 Å². The van der Waals surface area contributed by atoms with E-state index in [0.717, 1.165) is 15.7 Å². The van der Waals surface area contributed by atoms with E-state index in [9.17, 15) is 0 Å². The smallest absolute Gasteiger partial charge is 0.0769 e. The Morgan fingerprint density at radius 2 is 1.65 bits per heavy atom. The van der Waals surface area contributed by atoms with Crippen molar-refractivity contribution in [2.24, 2.45) is 0 Å². The lowest BCUT2D eigenvalue weighted by Gasteiger charge is -1.99. The number of nitrogens with one attached hydrogen (secondary N) is 1. The van der Waals surface area contributed by atoms with Gasteiger partial charge >= 0.3 is 0 Å². The van der Waals surface area contributed by atoms with Gasteiger partial charge in [-0.15, -0.1) is 0 Å². The third-order valence-electron chi connectivity index (χ3n) is 2.23. The molecule has 2 heteroatoms. The first kappa shape index (κ1) is 11.8. The van der Waals surface area contributed by atoms with E-state index in [1.165, 1.54) is 0 Å². The molecule has 0 aliphatic rings. The molecule has 0 unspecified atom stereocenters. The van der Waals surface area contributed by atoms with Gasteiger partial charge in [0.05, 0.1) is 6.54 Å². The Bertz CT molecular complexity index is 520. The fourth-order valence-electron chi connectivity index (χ4n) is 1.38.